The van der Waals surface area contributed by atoms with E-state index in [1.165, 1.54) is 16.8 Å². The van der Waals surface area contributed by atoms with E-state index in [1.54, 1.807) is 48.8 Å². The Kier molecular flexibility index (Phi) is 9.35. The van der Waals surface area contributed by atoms with Crippen LogP contribution >= 0.6 is 0 Å². The van der Waals surface area contributed by atoms with Gasteiger partial charge in [-0.2, -0.15) is 5.10 Å². The van der Waals surface area contributed by atoms with Crippen LogP contribution in [0.1, 0.15) is 30.9 Å². The van der Waals surface area contributed by atoms with Gasteiger partial charge in [-0.05, 0) is 47.9 Å². The SMILES string of the molecule is CCCC(NC(=O)NCc1ccc(F)cc1)C(=O)NCc1cccc(NC(=O)Cn2cccn2)c1. The Hall–Kier alpha value is -4.21. The largest absolute Gasteiger partial charge is 0.350 e. The fourth-order valence-corrected chi connectivity index (χ4v) is 3.36. The number of rotatable bonds is 11. The van der Waals surface area contributed by atoms with Gasteiger partial charge in [0.2, 0.25) is 11.8 Å². The van der Waals surface area contributed by atoms with Crippen LogP contribution in [0.25, 0.3) is 0 Å². The average Bonchev–Trinajstić information content (AvgIpc) is 3.35. The van der Waals surface area contributed by atoms with E-state index in [0.29, 0.717) is 18.5 Å². The third-order valence-corrected chi connectivity index (χ3v) is 5.11. The number of benzene rings is 2. The minimum atomic E-state index is -0.704. The number of aromatic nitrogens is 2. The molecule has 0 saturated carbocycles. The standard InChI is InChI=1S/C25H29FN6O3/c1-2-5-22(31-25(35)28-15-18-8-10-20(26)11-9-18)24(34)27-16-19-6-3-7-21(14-19)30-23(33)17-32-13-4-12-29-32/h3-4,6-14,22H,2,5,15-17H2,1H3,(H,27,34)(H,30,33)(H2,28,31,35). The van der Waals surface area contributed by atoms with Crippen LogP contribution < -0.4 is 21.3 Å². The third kappa shape index (κ3) is 8.58. The summed E-state index contributed by atoms with van der Waals surface area (Å²) in [4.78, 5) is 37.2. The zero-order chi connectivity index (χ0) is 25.0. The van der Waals surface area contributed by atoms with Gasteiger partial charge in [-0.1, -0.05) is 37.6 Å². The molecule has 1 unspecified atom stereocenters. The molecule has 0 fully saturated rings. The molecule has 0 saturated heterocycles. The maximum atomic E-state index is 13.0. The van der Waals surface area contributed by atoms with E-state index in [9.17, 15) is 18.8 Å². The smallest absolute Gasteiger partial charge is 0.315 e. The van der Waals surface area contributed by atoms with E-state index >= 15 is 0 Å². The molecule has 0 radical (unpaired) electrons. The first-order chi connectivity index (χ1) is 16.9. The molecule has 1 aromatic heterocycles. The van der Waals surface area contributed by atoms with E-state index < -0.39 is 12.1 Å². The lowest BCUT2D eigenvalue weighted by atomic mass is 10.1. The highest BCUT2D eigenvalue weighted by Crippen LogP contribution is 2.11. The summed E-state index contributed by atoms with van der Waals surface area (Å²) in [5.74, 6) is -0.870. The van der Waals surface area contributed by atoms with Crippen LogP contribution in [-0.2, 0) is 29.2 Å². The molecule has 4 amide bonds. The fraction of sp³-hybridized carbons (Fsp3) is 0.280. The van der Waals surface area contributed by atoms with E-state index in [-0.39, 0.29) is 37.3 Å². The molecule has 0 aliphatic heterocycles. The van der Waals surface area contributed by atoms with Crippen LogP contribution in [0.4, 0.5) is 14.9 Å². The van der Waals surface area contributed by atoms with Crippen LogP contribution in [0.2, 0.25) is 0 Å². The Morgan fingerprint density at radius 1 is 1.00 bits per heavy atom. The van der Waals surface area contributed by atoms with Gasteiger partial charge in [0.05, 0.1) is 0 Å². The van der Waals surface area contributed by atoms with E-state index in [4.69, 9.17) is 0 Å². The van der Waals surface area contributed by atoms with Crippen LogP contribution in [0, 0.1) is 5.82 Å². The van der Waals surface area contributed by atoms with Gasteiger partial charge in [-0.15, -0.1) is 0 Å². The number of carbonyl (C=O) groups excluding carboxylic acids is 3. The molecular weight excluding hydrogens is 451 g/mol. The van der Waals surface area contributed by atoms with Crippen molar-refractivity contribution in [2.75, 3.05) is 5.32 Å². The normalized spacial score (nSPS) is 11.4. The number of hydrogen-bond acceptors (Lipinski definition) is 4. The highest BCUT2D eigenvalue weighted by atomic mass is 19.1. The monoisotopic (exact) mass is 480 g/mol. The molecule has 3 rings (SSSR count). The fourth-order valence-electron chi connectivity index (χ4n) is 3.36. The Morgan fingerprint density at radius 2 is 1.77 bits per heavy atom. The van der Waals surface area contributed by atoms with Gasteiger partial charge in [-0.3, -0.25) is 14.3 Å². The highest BCUT2D eigenvalue weighted by Gasteiger charge is 2.19. The Balaban J connectivity index is 1.48. The van der Waals surface area contributed by atoms with Gasteiger partial charge in [0, 0.05) is 31.2 Å². The van der Waals surface area contributed by atoms with Crippen LogP contribution in [0.3, 0.4) is 0 Å². The second-order valence-electron chi connectivity index (χ2n) is 7.96. The lowest BCUT2D eigenvalue weighted by molar-refractivity contribution is -0.123. The zero-order valence-corrected chi connectivity index (χ0v) is 19.5. The molecule has 2 aromatic carbocycles. The summed E-state index contributed by atoms with van der Waals surface area (Å²) in [7, 11) is 0. The van der Waals surface area contributed by atoms with Gasteiger partial charge < -0.3 is 21.3 Å². The number of carbonyl (C=O) groups is 3. The third-order valence-electron chi connectivity index (χ3n) is 5.11. The van der Waals surface area contributed by atoms with Gasteiger partial charge in [0.25, 0.3) is 0 Å². The van der Waals surface area contributed by atoms with Crippen molar-refractivity contribution in [1.82, 2.24) is 25.7 Å². The number of urea groups is 1. The minimum Gasteiger partial charge on any atom is -0.350 e. The first-order valence-electron chi connectivity index (χ1n) is 11.4. The molecule has 10 heteroatoms. The number of nitrogens with one attached hydrogen (secondary N) is 4. The molecule has 184 valence electrons. The summed E-state index contributed by atoms with van der Waals surface area (Å²) in [5.41, 5.74) is 2.15. The van der Waals surface area contributed by atoms with Crippen LogP contribution in [0.5, 0.6) is 0 Å². The number of amides is 4. The van der Waals surface area contributed by atoms with Crippen LogP contribution in [0.15, 0.2) is 67.0 Å². The molecule has 0 aliphatic carbocycles. The quantitative estimate of drug-likeness (QED) is 0.338. The number of nitrogens with zero attached hydrogens (tertiary/aromatic N) is 2. The lowest BCUT2D eigenvalue weighted by Crippen LogP contribution is -2.49. The van der Waals surface area contributed by atoms with Crippen LogP contribution in [-0.4, -0.2) is 33.7 Å². The molecule has 35 heavy (non-hydrogen) atoms. The number of hydrogen-bond donors (Lipinski definition) is 4. The summed E-state index contributed by atoms with van der Waals surface area (Å²) >= 11 is 0. The Morgan fingerprint density at radius 3 is 2.49 bits per heavy atom. The second-order valence-corrected chi connectivity index (χ2v) is 7.96. The summed E-state index contributed by atoms with van der Waals surface area (Å²) in [6.45, 7) is 2.47. The maximum absolute atomic E-state index is 13.0. The number of anilines is 1. The Labute approximate surface area is 203 Å². The topological polar surface area (TPSA) is 117 Å². The molecule has 0 bridgehead atoms. The molecule has 9 nitrogen and oxygen atoms in total. The van der Waals surface area contributed by atoms with Crippen molar-refractivity contribution in [2.45, 2.75) is 45.4 Å². The molecule has 1 atom stereocenters. The summed E-state index contributed by atoms with van der Waals surface area (Å²) in [6, 6.07) is 13.5. The van der Waals surface area contributed by atoms with E-state index in [0.717, 1.165) is 11.1 Å². The van der Waals surface area contributed by atoms with E-state index in [1.807, 2.05) is 13.0 Å². The van der Waals surface area contributed by atoms with Gasteiger partial charge in [0.1, 0.15) is 18.4 Å². The second kappa shape index (κ2) is 12.9. The molecular formula is C25H29FN6O3. The average molecular weight is 481 g/mol. The van der Waals surface area contributed by atoms with E-state index in [2.05, 4.69) is 26.4 Å². The van der Waals surface area contributed by atoms with Crippen molar-refractivity contribution in [2.24, 2.45) is 0 Å². The first kappa shape index (κ1) is 25.4. The minimum absolute atomic E-state index is 0.0988. The first-order valence-corrected chi connectivity index (χ1v) is 11.4. The lowest BCUT2D eigenvalue weighted by Gasteiger charge is -2.18. The van der Waals surface area contributed by atoms with Gasteiger partial charge in [-0.25, -0.2) is 9.18 Å². The molecule has 4 N–H and O–H groups in total. The van der Waals surface area contributed by atoms with Crippen molar-refractivity contribution < 1.29 is 18.8 Å². The van der Waals surface area contributed by atoms with Gasteiger partial charge in [0.15, 0.2) is 0 Å². The predicted molar refractivity (Wildman–Crippen MR) is 130 cm³/mol. The van der Waals surface area contributed by atoms with Gasteiger partial charge >= 0.3 is 6.03 Å². The molecule has 1 heterocycles. The summed E-state index contributed by atoms with van der Waals surface area (Å²) < 4.78 is 14.5. The summed E-state index contributed by atoms with van der Waals surface area (Å²) in [6.07, 6.45) is 4.48. The zero-order valence-electron chi connectivity index (χ0n) is 19.5. The summed E-state index contributed by atoms with van der Waals surface area (Å²) in [5, 5.41) is 15.0. The van der Waals surface area contributed by atoms with Crippen molar-refractivity contribution in [3.05, 3.63) is 83.9 Å². The van der Waals surface area contributed by atoms with Crippen molar-refractivity contribution in [3.63, 3.8) is 0 Å². The predicted octanol–water partition coefficient (Wildman–Crippen LogP) is 2.95. The molecule has 3 aromatic rings. The van der Waals surface area contributed by atoms with Crippen molar-refractivity contribution >= 4 is 23.5 Å². The van der Waals surface area contributed by atoms with Crippen molar-refractivity contribution in [3.8, 4) is 0 Å². The van der Waals surface area contributed by atoms with Crippen molar-refractivity contribution in [1.29, 1.82) is 0 Å². The Bertz CT molecular complexity index is 1120. The molecule has 0 aliphatic rings. The molecule has 0 spiro atoms. The highest BCUT2D eigenvalue weighted by molar-refractivity contribution is 5.90. The number of halogens is 1. The maximum Gasteiger partial charge on any atom is 0.315 e.